The van der Waals surface area contributed by atoms with Gasteiger partial charge < -0.3 is 15.5 Å². The van der Waals surface area contributed by atoms with Crippen LogP contribution in [0.2, 0.25) is 5.15 Å². The first-order chi connectivity index (χ1) is 9.56. The number of amides is 2. The van der Waals surface area contributed by atoms with Crippen molar-refractivity contribution >= 4 is 34.7 Å². The molecule has 0 unspecified atom stereocenters. The Kier molecular flexibility index (Phi) is 4.42. The van der Waals surface area contributed by atoms with Gasteiger partial charge in [-0.3, -0.25) is 0 Å². The van der Waals surface area contributed by atoms with Crippen molar-refractivity contribution in [2.24, 2.45) is 0 Å². The summed E-state index contributed by atoms with van der Waals surface area (Å²) in [5.41, 5.74) is 2.02. The molecule has 5 nitrogen and oxygen atoms in total. The molecule has 2 amide bonds. The lowest BCUT2D eigenvalue weighted by atomic mass is 10.3. The average Bonchev–Trinajstić information content (AvgIpc) is 2.42. The molecule has 0 bridgehead atoms. The van der Waals surface area contributed by atoms with E-state index in [1.807, 2.05) is 37.2 Å². The van der Waals surface area contributed by atoms with Crippen molar-refractivity contribution in [3.8, 4) is 0 Å². The first-order valence-corrected chi connectivity index (χ1v) is 6.40. The van der Waals surface area contributed by atoms with E-state index < -0.39 is 0 Å². The van der Waals surface area contributed by atoms with Gasteiger partial charge in [-0.2, -0.15) is 0 Å². The third kappa shape index (κ3) is 3.61. The minimum atomic E-state index is -0.365. The molecule has 0 atom stereocenters. The molecule has 0 spiro atoms. The van der Waals surface area contributed by atoms with Crippen LogP contribution in [0.25, 0.3) is 0 Å². The second-order valence-corrected chi connectivity index (χ2v) is 4.73. The maximum atomic E-state index is 11.9. The fraction of sp³-hybridized carbons (Fsp3) is 0.143. The molecule has 0 aliphatic carbocycles. The molecule has 1 heterocycles. The zero-order valence-electron chi connectivity index (χ0n) is 11.2. The third-order valence-electron chi connectivity index (χ3n) is 2.62. The van der Waals surface area contributed by atoms with E-state index >= 15 is 0 Å². The fourth-order valence-corrected chi connectivity index (χ4v) is 1.73. The molecule has 0 saturated carbocycles. The molecule has 0 aliphatic heterocycles. The number of hydrogen-bond donors (Lipinski definition) is 2. The molecule has 0 radical (unpaired) electrons. The zero-order valence-corrected chi connectivity index (χ0v) is 12.0. The van der Waals surface area contributed by atoms with Gasteiger partial charge in [0.2, 0.25) is 0 Å². The van der Waals surface area contributed by atoms with Gasteiger partial charge in [-0.25, -0.2) is 9.78 Å². The predicted octanol–water partition coefficient (Wildman–Crippen LogP) is 3.45. The van der Waals surface area contributed by atoms with Gasteiger partial charge in [-0.15, -0.1) is 0 Å². The molecule has 2 aromatic rings. The smallest absolute Gasteiger partial charge is 0.323 e. The number of nitrogens with one attached hydrogen (secondary N) is 2. The molecule has 2 rings (SSSR count). The van der Waals surface area contributed by atoms with Crippen molar-refractivity contribution in [2.75, 3.05) is 29.6 Å². The van der Waals surface area contributed by atoms with Gasteiger partial charge >= 0.3 is 6.03 Å². The van der Waals surface area contributed by atoms with E-state index in [1.54, 1.807) is 24.4 Å². The predicted molar refractivity (Wildman–Crippen MR) is 82.7 cm³/mol. The average molecular weight is 291 g/mol. The number of halogens is 1. The Morgan fingerprint density at radius 1 is 1.20 bits per heavy atom. The molecule has 20 heavy (non-hydrogen) atoms. The monoisotopic (exact) mass is 290 g/mol. The number of nitrogens with zero attached hydrogens (tertiary/aromatic N) is 2. The van der Waals surface area contributed by atoms with Crippen molar-refractivity contribution in [3.63, 3.8) is 0 Å². The zero-order chi connectivity index (χ0) is 14.5. The maximum absolute atomic E-state index is 11.9. The van der Waals surface area contributed by atoms with Gasteiger partial charge in [0.15, 0.2) is 5.15 Å². The SMILES string of the molecule is CN(C)c1cnc(Cl)c(NC(=O)Nc2ccccc2)c1. The van der Waals surface area contributed by atoms with Crippen LogP contribution in [0, 0.1) is 0 Å². The summed E-state index contributed by atoms with van der Waals surface area (Å²) < 4.78 is 0. The molecule has 104 valence electrons. The van der Waals surface area contributed by atoms with Crippen molar-refractivity contribution < 1.29 is 4.79 Å². The highest BCUT2D eigenvalue weighted by Crippen LogP contribution is 2.24. The molecule has 0 saturated heterocycles. The summed E-state index contributed by atoms with van der Waals surface area (Å²) in [6, 6.07) is 10.6. The summed E-state index contributed by atoms with van der Waals surface area (Å²) in [7, 11) is 3.78. The summed E-state index contributed by atoms with van der Waals surface area (Å²) in [4.78, 5) is 17.8. The van der Waals surface area contributed by atoms with Gasteiger partial charge in [-0.1, -0.05) is 29.8 Å². The summed E-state index contributed by atoms with van der Waals surface area (Å²) in [5, 5.41) is 5.65. The molecule has 2 N–H and O–H groups in total. The van der Waals surface area contributed by atoms with Crippen LogP contribution in [0.15, 0.2) is 42.6 Å². The highest BCUT2D eigenvalue weighted by Gasteiger charge is 2.09. The van der Waals surface area contributed by atoms with E-state index in [0.717, 1.165) is 5.69 Å². The summed E-state index contributed by atoms with van der Waals surface area (Å²) in [5.74, 6) is 0. The van der Waals surface area contributed by atoms with Crippen LogP contribution in [0.4, 0.5) is 21.9 Å². The Morgan fingerprint density at radius 2 is 1.90 bits per heavy atom. The topological polar surface area (TPSA) is 57.3 Å². The Bertz CT molecular complexity index is 601. The standard InChI is InChI=1S/C14H15ClN4O/c1-19(2)11-8-12(13(15)16-9-11)18-14(20)17-10-6-4-3-5-7-10/h3-9H,1-2H3,(H2,17,18,20). The molecular weight excluding hydrogens is 276 g/mol. The highest BCUT2D eigenvalue weighted by atomic mass is 35.5. The van der Waals surface area contributed by atoms with Crippen molar-refractivity contribution in [3.05, 3.63) is 47.7 Å². The minimum Gasteiger partial charge on any atom is -0.376 e. The number of benzene rings is 1. The lowest BCUT2D eigenvalue weighted by Crippen LogP contribution is -2.20. The molecule has 1 aromatic heterocycles. The van der Waals surface area contributed by atoms with E-state index in [2.05, 4.69) is 15.6 Å². The Hall–Kier alpha value is -2.27. The van der Waals surface area contributed by atoms with Gasteiger partial charge in [0.1, 0.15) is 0 Å². The summed E-state index contributed by atoms with van der Waals surface area (Å²) >= 11 is 5.98. The van der Waals surface area contributed by atoms with Crippen LogP contribution in [0.1, 0.15) is 0 Å². The van der Waals surface area contributed by atoms with Crippen LogP contribution < -0.4 is 15.5 Å². The van der Waals surface area contributed by atoms with E-state index in [9.17, 15) is 4.79 Å². The number of aromatic nitrogens is 1. The molecular formula is C14H15ClN4O. The first kappa shape index (κ1) is 14.1. The third-order valence-corrected chi connectivity index (χ3v) is 2.92. The van der Waals surface area contributed by atoms with Crippen molar-refractivity contribution in [1.82, 2.24) is 4.98 Å². The first-order valence-electron chi connectivity index (χ1n) is 6.02. The lowest BCUT2D eigenvalue weighted by Gasteiger charge is -2.14. The molecule has 6 heteroatoms. The van der Waals surface area contributed by atoms with Gasteiger partial charge in [-0.05, 0) is 18.2 Å². The van der Waals surface area contributed by atoms with E-state index in [0.29, 0.717) is 11.4 Å². The van der Waals surface area contributed by atoms with Gasteiger partial charge in [0, 0.05) is 19.8 Å². The second-order valence-electron chi connectivity index (χ2n) is 4.37. The highest BCUT2D eigenvalue weighted by molar-refractivity contribution is 6.32. The van der Waals surface area contributed by atoms with Crippen LogP contribution in [0.3, 0.4) is 0 Å². The fourth-order valence-electron chi connectivity index (χ4n) is 1.58. The van der Waals surface area contributed by atoms with Crippen molar-refractivity contribution in [1.29, 1.82) is 0 Å². The van der Waals surface area contributed by atoms with E-state index in [-0.39, 0.29) is 11.2 Å². The largest absolute Gasteiger partial charge is 0.376 e. The van der Waals surface area contributed by atoms with Crippen LogP contribution >= 0.6 is 11.6 Å². The Balaban J connectivity index is 2.09. The van der Waals surface area contributed by atoms with Crippen LogP contribution in [-0.4, -0.2) is 25.1 Å². The molecule has 1 aromatic carbocycles. The number of urea groups is 1. The van der Waals surface area contributed by atoms with Crippen molar-refractivity contribution in [2.45, 2.75) is 0 Å². The normalized spacial score (nSPS) is 9.95. The summed E-state index contributed by atoms with van der Waals surface area (Å²) in [6.45, 7) is 0. The Labute approximate surface area is 122 Å². The number of rotatable bonds is 3. The number of para-hydroxylation sites is 1. The molecule has 0 fully saturated rings. The minimum absolute atomic E-state index is 0.249. The number of hydrogen-bond acceptors (Lipinski definition) is 3. The molecule has 0 aliphatic rings. The van der Waals surface area contributed by atoms with Gasteiger partial charge in [0.05, 0.1) is 17.6 Å². The number of anilines is 3. The van der Waals surface area contributed by atoms with E-state index in [4.69, 9.17) is 11.6 Å². The Morgan fingerprint density at radius 3 is 2.55 bits per heavy atom. The van der Waals surface area contributed by atoms with Crippen LogP contribution in [-0.2, 0) is 0 Å². The van der Waals surface area contributed by atoms with Crippen LogP contribution in [0.5, 0.6) is 0 Å². The second kappa shape index (κ2) is 6.25. The number of carbonyl (C=O) groups excluding carboxylic acids is 1. The number of carbonyl (C=O) groups is 1. The summed E-state index contributed by atoms with van der Waals surface area (Å²) in [6.07, 6.45) is 1.64. The van der Waals surface area contributed by atoms with E-state index in [1.165, 1.54) is 0 Å². The quantitative estimate of drug-likeness (QED) is 0.851. The van der Waals surface area contributed by atoms with Gasteiger partial charge in [0.25, 0.3) is 0 Å². The maximum Gasteiger partial charge on any atom is 0.323 e. The number of pyridine rings is 1. The lowest BCUT2D eigenvalue weighted by molar-refractivity contribution is 0.262.